The molecule has 1 aromatic heterocycles. The first-order valence-electron chi connectivity index (χ1n) is 6.36. The summed E-state index contributed by atoms with van der Waals surface area (Å²) in [6.45, 7) is 3.81. The summed E-state index contributed by atoms with van der Waals surface area (Å²) in [4.78, 5) is 20.3. The number of carboxylic acid groups (broad SMARTS) is 1. The summed E-state index contributed by atoms with van der Waals surface area (Å²) in [5, 5.41) is 27.8. The largest absolute Gasteiger partial charge is 0.481 e. The third-order valence-electron chi connectivity index (χ3n) is 5.01. The molecule has 0 amide bonds. The van der Waals surface area contributed by atoms with Gasteiger partial charge < -0.3 is 5.11 Å². The summed E-state index contributed by atoms with van der Waals surface area (Å²) >= 11 is 0. The third kappa shape index (κ3) is 1.10. The molecule has 6 heteroatoms. The number of hydrogen-bond donors (Lipinski definition) is 1. The molecule has 2 unspecified atom stereocenters. The number of carbonyl (C=O) groups is 1. The van der Waals surface area contributed by atoms with E-state index in [0.29, 0.717) is 17.8 Å². The quantitative estimate of drug-likeness (QED) is 0.825. The second-order valence-corrected chi connectivity index (χ2v) is 5.90. The zero-order chi connectivity index (χ0) is 14.7. The molecule has 1 N–H and O–H groups in total. The first-order chi connectivity index (χ1) is 9.40. The van der Waals surface area contributed by atoms with Crippen LogP contribution in [-0.2, 0) is 10.2 Å². The normalized spacial score (nSPS) is 28.5. The molecule has 1 fully saturated rings. The van der Waals surface area contributed by atoms with Gasteiger partial charge in [-0.15, -0.1) is 0 Å². The Morgan fingerprint density at radius 2 is 1.90 bits per heavy atom. The van der Waals surface area contributed by atoms with Crippen LogP contribution in [0.4, 0.5) is 0 Å². The molecule has 1 aromatic rings. The predicted molar refractivity (Wildman–Crippen MR) is 66.5 cm³/mol. The zero-order valence-corrected chi connectivity index (χ0v) is 11.1. The van der Waals surface area contributed by atoms with Crippen LogP contribution < -0.4 is 0 Å². The Kier molecular flexibility index (Phi) is 2.23. The summed E-state index contributed by atoms with van der Waals surface area (Å²) in [7, 11) is 0. The summed E-state index contributed by atoms with van der Waals surface area (Å²) in [5.41, 5.74) is -0.756. The van der Waals surface area contributed by atoms with E-state index in [9.17, 15) is 9.90 Å². The molecular weight excluding hydrogens is 256 g/mol. The standard InChI is InChI=1S/C14H12N4O2/c1-13(2)7-3-4-14(13,12(19)20)11-10(7)17-8(5-15)9(6-16)18-11/h7H,3-4H2,1-2H3,(H,19,20). The lowest BCUT2D eigenvalue weighted by Gasteiger charge is -2.33. The van der Waals surface area contributed by atoms with Gasteiger partial charge >= 0.3 is 5.97 Å². The van der Waals surface area contributed by atoms with Gasteiger partial charge in [0.1, 0.15) is 17.6 Å². The maximum absolute atomic E-state index is 11.9. The highest BCUT2D eigenvalue weighted by Gasteiger charge is 2.68. The van der Waals surface area contributed by atoms with E-state index in [-0.39, 0.29) is 17.3 Å². The fourth-order valence-corrected chi connectivity index (χ4v) is 3.89. The van der Waals surface area contributed by atoms with Gasteiger partial charge in [-0.25, -0.2) is 9.97 Å². The van der Waals surface area contributed by atoms with Crippen LogP contribution in [0.3, 0.4) is 0 Å². The van der Waals surface area contributed by atoms with Crippen LogP contribution in [0, 0.1) is 28.1 Å². The number of rotatable bonds is 1. The number of nitrogens with zero attached hydrogens (tertiary/aromatic N) is 4. The molecular formula is C14H12N4O2. The Morgan fingerprint density at radius 1 is 1.30 bits per heavy atom. The van der Waals surface area contributed by atoms with Gasteiger partial charge in [-0.1, -0.05) is 13.8 Å². The molecule has 0 radical (unpaired) electrons. The van der Waals surface area contributed by atoms with E-state index in [1.807, 2.05) is 26.0 Å². The molecule has 1 heterocycles. The number of aromatic nitrogens is 2. The summed E-state index contributed by atoms with van der Waals surface area (Å²) in [5.74, 6) is -0.951. The van der Waals surface area contributed by atoms with Gasteiger partial charge in [0.15, 0.2) is 11.4 Å². The summed E-state index contributed by atoms with van der Waals surface area (Å²) in [6.07, 6.45) is 1.22. The van der Waals surface area contributed by atoms with Crippen molar-refractivity contribution in [3.63, 3.8) is 0 Å². The molecule has 0 saturated heterocycles. The van der Waals surface area contributed by atoms with Crippen molar-refractivity contribution in [2.75, 3.05) is 0 Å². The highest BCUT2D eigenvalue weighted by Crippen LogP contribution is 2.66. The van der Waals surface area contributed by atoms with Gasteiger partial charge in [-0.05, 0) is 18.3 Å². The van der Waals surface area contributed by atoms with Crippen LogP contribution in [0.2, 0.25) is 0 Å². The Bertz CT molecular complexity index is 726. The number of hydrogen-bond acceptors (Lipinski definition) is 5. The molecule has 0 aliphatic heterocycles. The van der Waals surface area contributed by atoms with Gasteiger partial charge in [0.05, 0.1) is 11.4 Å². The van der Waals surface area contributed by atoms with Crippen molar-refractivity contribution < 1.29 is 9.90 Å². The SMILES string of the molecule is CC1(C)C2CCC1(C(=O)O)c1nc(C#N)c(C#N)nc12. The molecule has 2 bridgehead atoms. The minimum atomic E-state index is -1.10. The zero-order valence-electron chi connectivity index (χ0n) is 11.1. The monoisotopic (exact) mass is 268 g/mol. The number of carboxylic acids is 1. The fraction of sp³-hybridized carbons (Fsp3) is 0.500. The van der Waals surface area contributed by atoms with E-state index in [0.717, 1.165) is 6.42 Å². The van der Waals surface area contributed by atoms with Crippen LogP contribution in [0.1, 0.15) is 55.4 Å². The smallest absolute Gasteiger partial charge is 0.316 e. The van der Waals surface area contributed by atoms with Crippen LogP contribution in [0.25, 0.3) is 0 Å². The van der Waals surface area contributed by atoms with E-state index in [1.165, 1.54) is 0 Å². The highest BCUT2D eigenvalue weighted by atomic mass is 16.4. The lowest BCUT2D eigenvalue weighted by Crippen LogP contribution is -2.43. The van der Waals surface area contributed by atoms with Gasteiger partial charge in [-0.2, -0.15) is 10.5 Å². The van der Waals surface area contributed by atoms with Crippen molar-refractivity contribution in [3.8, 4) is 12.1 Å². The molecule has 100 valence electrons. The van der Waals surface area contributed by atoms with Gasteiger partial charge in [-0.3, -0.25) is 4.79 Å². The van der Waals surface area contributed by atoms with Gasteiger partial charge in [0, 0.05) is 5.92 Å². The second kappa shape index (κ2) is 3.55. The molecule has 6 nitrogen and oxygen atoms in total. The van der Waals surface area contributed by atoms with Crippen molar-refractivity contribution in [2.24, 2.45) is 5.41 Å². The molecule has 20 heavy (non-hydrogen) atoms. The molecule has 1 saturated carbocycles. The van der Waals surface area contributed by atoms with Crippen molar-refractivity contribution >= 4 is 5.97 Å². The van der Waals surface area contributed by atoms with Crippen molar-refractivity contribution in [2.45, 2.75) is 38.0 Å². The number of fused-ring (bicyclic) bond motifs is 5. The lowest BCUT2D eigenvalue weighted by atomic mass is 9.68. The van der Waals surface area contributed by atoms with E-state index in [2.05, 4.69) is 9.97 Å². The Hall–Kier alpha value is -2.47. The van der Waals surface area contributed by atoms with Gasteiger partial charge in [0.2, 0.25) is 0 Å². The average Bonchev–Trinajstić information content (AvgIpc) is 2.80. The third-order valence-corrected chi connectivity index (χ3v) is 5.01. The maximum Gasteiger partial charge on any atom is 0.316 e. The van der Waals surface area contributed by atoms with E-state index in [1.54, 1.807) is 0 Å². The average molecular weight is 268 g/mol. The van der Waals surface area contributed by atoms with Crippen LogP contribution in [-0.4, -0.2) is 21.0 Å². The molecule has 3 rings (SSSR count). The second-order valence-electron chi connectivity index (χ2n) is 5.90. The fourth-order valence-electron chi connectivity index (χ4n) is 3.89. The minimum absolute atomic E-state index is 0.0184. The summed E-state index contributed by atoms with van der Waals surface area (Å²) < 4.78 is 0. The topological polar surface area (TPSA) is 111 Å². The molecule has 2 atom stereocenters. The highest BCUT2D eigenvalue weighted by molar-refractivity contribution is 5.85. The van der Waals surface area contributed by atoms with Crippen LogP contribution in [0.5, 0.6) is 0 Å². The molecule has 0 aromatic carbocycles. The Morgan fingerprint density at radius 3 is 2.45 bits per heavy atom. The maximum atomic E-state index is 11.9. The van der Waals surface area contributed by atoms with Crippen LogP contribution in [0.15, 0.2) is 0 Å². The first-order valence-corrected chi connectivity index (χ1v) is 6.36. The Labute approximate surface area is 115 Å². The van der Waals surface area contributed by atoms with E-state index < -0.39 is 16.8 Å². The van der Waals surface area contributed by atoms with E-state index >= 15 is 0 Å². The molecule has 0 spiro atoms. The molecule has 2 aliphatic rings. The molecule has 2 aliphatic carbocycles. The lowest BCUT2D eigenvalue weighted by molar-refractivity contribution is -0.147. The van der Waals surface area contributed by atoms with Crippen molar-refractivity contribution in [1.29, 1.82) is 10.5 Å². The first kappa shape index (κ1) is 12.6. The van der Waals surface area contributed by atoms with Gasteiger partial charge in [0.25, 0.3) is 0 Å². The number of nitriles is 2. The minimum Gasteiger partial charge on any atom is -0.481 e. The Balaban J connectivity index is 2.37. The van der Waals surface area contributed by atoms with Crippen molar-refractivity contribution in [1.82, 2.24) is 9.97 Å². The number of aliphatic carboxylic acids is 1. The van der Waals surface area contributed by atoms with Crippen molar-refractivity contribution in [3.05, 3.63) is 22.8 Å². The predicted octanol–water partition coefficient (Wildman–Crippen LogP) is 1.46. The van der Waals surface area contributed by atoms with E-state index in [4.69, 9.17) is 10.5 Å². The van der Waals surface area contributed by atoms with Crippen LogP contribution >= 0.6 is 0 Å². The summed E-state index contributed by atoms with van der Waals surface area (Å²) in [6, 6.07) is 3.69.